The summed E-state index contributed by atoms with van der Waals surface area (Å²) in [5, 5.41) is 2.42. The van der Waals surface area contributed by atoms with Crippen molar-refractivity contribution in [3.05, 3.63) is 53.9 Å². The van der Waals surface area contributed by atoms with E-state index in [0.717, 1.165) is 12.1 Å². The number of benzene rings is 1. The highest BCUT2D eigenvalue weighted by Gasteiger charge is 2.31. The summed E-state index contributed by atoms with van der Waals surface area (Å²) in [6.07, 6.45) is -1.69. The van der Waals surface area contributed by atoms with Crippen LogP contribution >= 0.6 is 0 Å². The third-order valence-corrected chi connectivity index (χ3v) is 2.78. The number of rotatable bonds is 4. The third kappa shape index (κ3) is 4.85. The average Bonchev–Trinajstić information content (AvgIpc) is 2.49. The van der Waals surface area contributed by atoms with Crippen molar-refractivity contribution in [3.8, 4) is 5.75 Å². The number of alkyl halides is 3. The summed E-state index contributed by atoms with van der Waals surface area (Å²) < 4.78 is 43.6. The van der Waals surface area contributed by atoms with Crippen molar-refractivity contribution in [2.45, 2.75) is 13.1 Å². The van der Waals surface area contributed by atoms with Crippen LogP contribution in [-0.4, -0.2) is 17.5 Å². The van der Waals surface area contributed by atoms with E-state index < -0.39 is 17.6 Å². The van der Waals surface area contributed by atoms with Crippen molar-refractivity contribution >= 4 is 11.6 Å². The second-order valence-electron chi connectivity index (χ2n) is 4.34. The van der Waals surface area contributed by atoms with Gasteiger partial charge >= 0.3 is 6.18 Å². The first-order valence-electron chi connectivity index (χ1n) is 6.47. The Kier molecular flexibility index (Phi) is 6.38. The predicted molar refractivity (Wildman–Crippen MR) is 74.8 cm³/mol. The highest BCUT2D eigenvalue weighted by molar-refractivity contribution is 6.04. The Morgan fingerprint density at radius 3 is 2.61 bits per heavy atom. The molecule has 0 unspecified atom stereocenters. The molecule has 0 fully saturated rings. The number of carbonyl (C=O) groups is 1. The van der Waals surface area contributed by atoms with Gasteiger partial charge in [0.2, 0.25) is 0 Å². The number of hydrogen-bond donors (Lipinski definition) is 1. The summed E-state index contributed by atoms with van der Waals surface area (Å²) in [6, 6.07) is 6.01. The minimum atomic E-state index is -4.50. The molecule has 0 radical (unpaired) electrons. The molecule has 2 aromatic rings. The SMILES string of the molecule is CCOc1ccc(C(F)(F)F)cc1NC(=O)c1cccnc1.[Cl-]. The minimum Gasteiger partial charge on any atom is -1.00 e. The van der Waals surface area contributed by atoms with E-state index in [1.807, 2.05) is 0 Å². The normalized spacial score (nSPS) is 10.6. The number of pyridine rings is 1. The Balaban J connectivity index is 0.00000264. The van der Waals surface area contributed by atoms with E-state index in [2.05, 4.69) is 10.3 Å². The first kappa shape index (κ1) is 18.8. The van der Waals surface area contributed by atoms with Crippen molar-refractivity contribution in [2.24, 2.45) is 0 Å². The van der Waals surface area contributed by atoms with Gasteiger partial charge in [-0.1, -0.05) is 0 Å². The van der Waals surface area contributed by atoms with Gasteiger partial charge in [-0.25, -0.2) is 0 Å². The lowest BCUT2D eigenvalue weighted by Gasteiger charge is -2.14. The van der Waals surface area contributed by atoms with Crippen molar-refractivity contribution in [3.63, 3.8) is 0 Å². The number of halogens is 4. The van der Waals surface area contributed by atoms with Crippen LogP contribution in [0.3, 0.4) is 0 Å². The molecule has 23 heavy (non-hydrogen) atoms. The van der Waals surface area contributed by atoms with Gasteiger partial charge in [-0.15, -0.1) is 0 Å². The molecular formula is C15H13ClF3N2O2-. The van der Waals surface area contributed by atoms with Gasteiger partial charge in [-0.3, -0.25) is 9.78 Å². The fourth-order valence-electron chi connectivity index (χ4n) is 1.78. The lowest BCUT2D eigenvalue weighted by Crippen LogP contribution is -3.00. The van der Waals surface area contributed by atoms with Gasteiger partial charge in [0, 0.05) is 12.4 Å². The molecule has 1 amide bonds. The quantitative estimate of drug-likeness (QED) is 0.890. The smallest absolute Gasteiger partial charge is 0.416 e. The molecule has 1 aromatic carbocycles. The van der Waals surface area contributed by atoms with Crippen LogP contribution in [0.2, 0.25) is 0 Å². The van der Waals surface area contributed by atoms with Gasteiger partial charge < -0.3 is 22.5 Å². The maximum atomic E-state index is 12.8. The second-order valence-corrected chi connectivity index (χ2v) is 4.34. The molecule has 8 heteroatoms. The van der Waals surface area contributed by atoms with Crippen molar-refractivity contribution in [1.29, 1.82) is 0 Å². The molecule has 1 aromatic heterocycles. The van der Waals surface area contributed by atoms with E-state index in [9.17, 15) is 18.0 Å². The molecule has 1 heterocycles. The summed E-state index contributed by atoms with van der Waals surface area (Å²) in [5.74, 6) is -0.388. The van der Waals surface area contributed by atoms with Gasteiger partial charge in [0.05, 0.1) is 23.4 Å². The monoisotopic (exact) mass is 345 g/mol. The maximum Gasteiger partial charge on any atom is 0.416 e. The van der Waals surface area contributed by atoms with Crippen LogP contribution in [0.1, 0.15) is 22.8 Å². The zero-order valence-corrected chi connectivity index (χ0v) is 12.8. The molecule has 124 valence electrons. The summed E-state index contributed by atoms with van der Waals surface area (Å²) in [7, 11) is 0. The van der Waals surface area contributed by atoms with Gasteiger partial charge in [-0.2, -0.15) is 13.2 Å². The van der Waals surface area contributed by atoms with E-state index in [4.69, 9.17) is 4.74 Å². The largest absolute Gasteiger partial charge is 1.00 e. The summed E-state index contributed by atoms with van der Waals surface area (Å²) >= 11 is 0. The minimum absolute atomic E-state index is 0. The highest BCUT2D eigenvalue weighted by Crippen LogP contribution is 2.35. The lowest BCUT2D eigenvalue weighted by molar-refractivity contribution is -0.137. The van der Waals surface area contributed by atoms with Crippen LogP contribution in [-0.2, 0) is 6.18 Å². The van der Waals surface area contributed by atoms with Gasteiger partial charge in [0.1, 0.15) is 5.75 Å². The molecule has 0 aliphatic carbocycles. The van der Waals surface area contributed by atoms with Crippen molar-refractivity contribution < 1.29 is 35.1 Å². The van der Waals surface area contributed by atoms with Crippen LogP contribution in [0, 0.1) is 0 Å². The summed E-state index contributed by atoms with van der Waals surface area (Å²) in [6.45, 7) is 1.96. The van der Waals surface area contributed by atoms with Gasteiger partial charge in [-0.05, 0) is 37.3 Å². The summed E-state index contributed by atoms with van der Waals surface area (Å²) in [5.41, 5.74) is -0.662. The van der Waals surface area contributed by atoms with Crippen LogP contribution < -0.4 is 22.5 Å². The highest BCUT2D eigenvalue weighted by atomic mass is 35.5. The molecule has 0 saturated heterocycles. The van der Waals surface area contributed by atoms with E-state index >= 15 is 0 Å². The molecule has 2 rings (SSSR count). The Labute approximate surface area is 137 Å². The number of nitrogens with zero attached hydrogens (tertiary/aromatic N) is 1. The first-order valence-corrected chi connectivity index (χ1v) is 6.47. The molecule has 0 saturated carbocycles. The van der Waals surface area contributed by atoms with E-state index in [0.29, 0.717) is 0 Å². The molecular weight excluding hydrogens is 333 g/mol. The summed E-state index contributed by atoms with van der Waals surface area (Å²) in [4.78, 5) is 15.8. The number of nitrogens with one attached hydrogen (secondary N) is 1. The van der Waals surface area contributed by atoms with E-state index in [1.54, 1.807) is 13.0 Å². The average molecular weight is 346 g/mol. The number of ether oxygens (including phenoxy) is 1. The number of anilines is 1. The number of carbonyl (C=O) groups excluding carboxylic acids is 1. The number of hydrogen-bond acceptors (Lipinski definition) is 3. The van der Waals surface area contributed by atoms with Crippen LogP contribution in [0.25, 0.3) is 0 Å². The lowest BCUT2D eigenvalue weighted by atomic mass is 10.1. The topological polar surface area (TPSA) is 51.2 Å². The van der Waals surface area contributed by atoms with Crippen LogP contribution in [0.15, 0.2) is 42.7 Å². The molecule has 1 N–H and O–H groups in total. The number of aromatic nitrogens is 1. The standard InChI is InChI=1S/C15H13F3N2O2.ClH/c1-2-22-13-6-5-11(15(16,17)18)8-12(13)20-14(21)10-4-3-7-19-9-10;/h3-9H,2H2,1H3,(H,20,21);1H/p-1. The molecule has 0 bridgehead atoms. The van der Waals surface area contributed by atoms with Crippen LogP contribution in [0.5, 0.6) is 5.75 Å². The van der Waals surface area contributed by atoms with Gasteiger partial charge in [0.15, 0.2) is 0 Å². The molecule has 0 spiro atoms. The zero-order valence-electron chi connectivity index (χ0n) is 12.0. The fraction of sp³-hybridized carbons (Fsp3) is 0.200. The maximum absolute atomic E-state index is 12.8. The van der Waals surface area contributed by atoms with E-state index in [1.165, 1.54) is 24.5 Å². The third-order valence-electron chi connectivity index (χ3n) is 2.78. The Morgan fingerprint density at radius 2 is 2.04 bits per heavy atom. The van der Waals surface area contributed by atoms with Crippen molar-refractivity contribution in [1.82, 2.24) is 4.98 Å². The van der Waals surface area contributed by atoms with Gasteiger partial charge in [0.25, 0.3) is 5.91 Å². The molecule has 0 atom stereocenters. The molecule has 4 nitrogen and oxygen atoms in total. The predicted octanol–water partition coefficient (Wildman–Crippen LogP) is 0.755. The first-order chi connectivity index (χ1) is 10.4. The molecule has 0 aliphatic heterocycles. The van der Waals surface area contributed by atoms with Crippen molar-refractivity contribution in [2.75, 3.05) is 11.9 Å². The Bertz CT molecular complexity index is 664. The van der Waals surface area contributed by atoms with E-state index in [-0.39, 0.29) is 36.0 Å². The Morgan fingerprint density at radius 1 is 1.30 bits per heavy atom. The number of amides is 1. The van der Waals surface area contributed by atoms with Crippen LogP contribution in [0.4, 0.5) is 18.9 Å². The molecule has 0 aliphatic rings. The fourth-order valence-corrected chi connectivity index (χ4v) is 1.78. The second kappa shape index (κ2) is 7.82. The Hall–Kier alpha value is -2.28. The zero-order chi connectivity index (χ0) is 16.2.